The molecule has 0 saturated carbocycles. The number of hydrogen-bond donors (Lipinski definition) is 8. The van der Waals surface area contributed by atoms with Gasteiger partial charge < -0.3 is 45.9 Å². The summed E-state index contributed by atoms with van der Waals surface area (Å²) < 4.78 is 0. The topological polar surface area (TPSA) is 208 Å². The Balaban J connectivity index is -0.0000000917. The molecule has 20 heavy (non-hydrogen) atoms. The molecule has 0 rings (SSSR count). The van der Waals surface area contributed by atoms with Gasteiger partial charge in [-0.25, -0.2) is 0 Å². The van der Waals surface area contributed by atoms with Gasteiger partial charge in [0.2, 0.25) is 0 Å². The summed E-state index contributed by atoms with van der Waals surface area (Å²) in [5, 5.41) is 0. The van der Waals surface area contributed by atoms with Crippen molar-refractivity contribution in [1.82, 2.24) is 0 Å². The van der Waals surface area contributed by atoms with Crippen LogP contribution in [0.2, 0.25) is 0 Å². The van der Waals surface area contributed by atoms with Crippen LogP contribution in [0.25, 0.3) is 0 Å². The van der Waals surface area contributed by atoms with E-state index in [1.807, 2.05) is 27.7 Å². The molecule has 0 aromatic rings. The van der Waals surface area contributed by atoms with Crippen LogP contribution in [0.5, 0.6) is 0 Å². The number of rotatable bonds is 4. The lowest BCUT2D eigenvalue weighted by Crippen LogP contribution is -2.58. The van der Waals surface area contributed by atoms with Crippen molar-refractivity contribution < 1.29 is 0 Å². The largest absolute Gasteiger partial charge is 0.329 e. The molecule has 0 unspecified atom stereocenters. The molecule has 0 aliphatic heterocycles. The first-order chi connectivity index (χ1) is 8.99. The summed E-state index contributed by atoms with van der Waals surface area (Å²) in [6.45, 7) is 11.3. The van der Waals surface area contributed by atoms with Crippen molar-refractivity contribution in [3.8, 4) is 0 Å². The minimum absolute atomic E-state index is 0.285. The lowest BCUT2D eigenvalue weighted by Gasteiger charge is -2.34. The zero-order valence-corrected chi connectivity index (χ0v) is 13.9. The van der Waals surface area contributed by atoms with Gasteiger partial charge in [-0.2, -0.15) is 0 Å². The lowest BCUT2D eigenvalue weighted by atomic mass is 9.85. The smallest absolute Gasteiger partial charge is 0.0274 e. The molecule has 0 atom stereocenters. The molecule has 0 heterocycles. The third-order valence-corrected chi connectivity index (χ3v) is 2.16. The van der Waals surface area contributed by atoms with Crippen molar-refractivity contribution in [1.29, 1.82) is 0 Å². The Labute approximate surface area is 124 Å². The maximum atomic E-state index is 5.69. The van der Waals surface area contributed by atoms with E-state index in [0.29, 0.717) is 39.3 Å². The van der Waals surface area contributed by atoms with Gasteiger partial charge in [0.1, 0.15) is 0 Å². The van der Waals surface area contributed by atoms with Crippen LogP contribution in [-0.2, 0) is 0 Å². The molecule has 0 saturated heterocycles. The monoisotopic (exact) mass is 296 g/mol. The minimum Gasteiger partial charge on any atom is -0.329 e. The van der Waals surface area contributed by atoms with E-state index in [1.165, 1.54) is 0 Å². The fourth-order valence-electron chi connectivity index (χ4n) is 0. The van der Waals surface area contributed by atoms with Gasteiger partial charge in [0.15, 0.2) is 0 Å². The Kier molecular flexibility index (Phi) is 26.1. The molecule has 0 amide bonds. The fourth-order valence-corrected chi connectivity index (χ4v) is 0. The third kappa shape index (κ3) is 36.1. The molecule has 0 aromatic carbocycles. The van der Waals surface area contributed by atoms with E-state index in [-0.39, 0.29) is 11.1 Å². The first kappa shape index (κ1) is 27.9. The highest BCUT2D eigenvalue weighted by Gasteiger charge is 2.28. The van der Waals surface area contributed by atoms with Crippen molar-refractivity contribution in [3.63, 3.8) is 0 Å². The van der Waals surface area contributed by atoms with Crippen LogP contribution in [0.1, 0.15) is 27.7 Å². The molecular weight excluding hydrogens is 256 g/mol. The van der Waals surface area contributed by atoms with Crippen LogP contribution in [0.3, 0.4) is 0 Å². The molecule has 0 aliphatic rings. The van der Waals surface area contributed by atoms with E-state index in [0.717, 1.165) is 0 Å². The SMILES string of the molecule is CC(C)(N)C(C)(C)N.NCCN.NCCN.NCCN. The van der Waals surface area contributed by atoms with Crippen LogP contribution < -0.4 is 45.9 Å². The van der Waals surface area contributed by atoms with E-state index in [4.69, 9.17) is 45.9 Å². The summed E-state index contributed by atoms with van der Waals surface area (Å²) >= 11 is 0. The molecule has 0 fully saturated rings. The second kappa shape index (κ2) is 18.7. The Morgan fingerprint density at radius 2 is 0.550 bits per heavy atom. The van der Waals surface area contributed by atoms with Gasteiger partial charge >= 0.3 is 0 Å². The summed E-state index contributed by atoms with van der Waals surface area (Å²) in [7, 11) is 0. The summed E-state index contributed by atoms with van der Waals surface area (Å²) in [6.07, 6.45) is 0. The maximum absolute atomic E-state index is 5.69. The van der Waals surface area contributed by atoms with Crippen LogP contribution in [0.4, 0.5) is 0 Å². The van der Waals surface area contributed by atoms with Gasteiger partial charge in [0, 0.05) is 50.3 Å². The van der Waals surface area contributed by atoms with Crippen molar-refractivity contribution in [2.45, 2.75) is 38.8 Å². The van der Waals surface area contributed by atoms with E-state index in [9.17, 15) is 0 Å². The van der Waals surface area contributed by atoms with E-state index in [1.54, 1.807) is 0 Å². The Hall–Kier alpha value is -0.320. The molecule has 0 radical (unpaired) electrons. The average Bonchev–Trinajstić information content (AvgIpc) is 2.37. The summed E-state index contributed by atoms with van der Waals surface area (Å²) in [6, 6.07) is 0. The second-order valence-electron chi connectivity index (χ2n) is 5.18. The summed E-state index contributed by atoms with van der Waals surface area (Å²) in [5.74, 6) is 0. The van der Waals surface area contributed by atoms with E-state index < -0.39 is 0 Å². The predicted octanol–water partition coefficient (Wildman–Crippen LogP) is -2.83. The third-order valence-electron chi connectivity index (χ3n) is 2.16. The second-order valence-corrected chi connectivity index (χ2v) is 5.18. The Morgan fingerprint density at radius 1 is 0.450 bits per heavy atom. The normalized spacial score (nSPS) is 10.2. The van der Waals surface area contributed by atoms with Crippen molar-refractivity contribution in [2.24, 2.45) is 45.9 Å². The quantitative estimate of drug-likeness (QED) is 0.270. The molecule has 128 valence electrons. The maximum Gasteiger partial charge on any atom is 0.0274 e. The van der Waals surface area contributed by atoms with Crippen molar-refractivity contribution in [2.75, 3.05) is 39.3 Å². The first-order valence-electron chi connectivity index (χ1n) is 6.78. The zero-order chi connectivity index (χ0) is 17.2. The highest BCUT2D eigenvalue weighted by atomic mass is 14.9. The van der Waals surface area contributed by atoms with Crippen molar-refractivity contribution >= 4 is 0 Å². The van der Waals surface area contributed by atoms with Gasteiger partial charge in [0.25, 0.3) is 0 Å². The highest BCUT2D eigenvalue weighted by molar-refractivity contribution is 4.93. The van der Waals surface area contributed by atoms with E-state index >= 15 is 0 Å². The zero-order valence-electron chi connectivity index (χ0n) is 13.9. The summed E-state index contributed by atoms with van der Waals surface area (Å²) in [4.78, 5) is 0. The molecule has 16 N–H and O–H groups in total. The summed E-state index contributed by atoms with van der Waals surface area (Å²) in [5.41, 5.74) is 40.2. The molecule has 0 aromatic heterocycles. The highest BCUT2D eigenvalue weighted by Crippen LogP contribution is 2.13. The van der Waals surface area contributed by atoms with Crippen LogP contribution in [-0.4, -0.2) is 50.3 Å². The fraction of sp³-hybridized carbons (Fsp3) is 1.00. The Morgan fingerprint density at radius 3 is 0.550 bits per heavy atom. The molecular formula is C12H40N8. The van der Waals surface area contributed by atoms with Crippen LogP contribution in [0, 0.1) is 0 Å². The Bertz CT molecular complexity index is 123. The minimum atomic E-state index is -0.285. The van der Waals surface area contributed by atoms with Gasteiger partial charge in [-0.15, -0.1) is 0 Å². The van der Waals surface area contributed by atoms with Gasteiger partial charge in [-0.3, -0.25) is 0 Å². The predicted molar refractivity (Wildman–Crippen MR) is 90.9 cm³/mol. The van der Waals surface area contributed by atoms with E-state index in [2.05, 4.69) is 0 Å². The van der Waals surface area contributed by atoms with Gasteiger partial charge in [-0.1, -0.05) is 0 Å². The molecule has 0 bridgehead atoms. The van der Waals surface area contributed by atoms with Crippen LogP contribution >= 0.6 is 0 Å². The van der Waals surface area contributed by atoms with Gasteiger partial charge in [-0.05, 0) is 27.7 Å². The molecule has 0 spiro atoms. The lowest BCUT2D eigenvalue weighted by molar-refractivity contribution is 0.309. The average molecular weight is 297 g/mol. The standard InChI is InChI=1S/C6H16N2.3C2H8N2/c1-5(2,7)6(3,4)8;3*3-1-2-4/h7-8H2,1-4H3;3*1-4H2. The van der Waals surface area contributed by atoms with Crippen LogP contribution in [0.15, 0.2) is 0 Å². The molecule has 8 heteroatoms. The number of hydrogen-bond acceptors (Lipinski definition) is 8. The van der Waals surface area contributed by atoms with Gasteiger partial charge in [0.05, 0.1) is 0 Å². The van der Waals surface area contributed by atoms with Crippen molar-refractivity contribution in [3.05, 3.63) is 0 Å². The number of nitrogens with two attached hydrogens (primary N) is 8. The molecule has 8 nitrogen and oxygen atoms in total. The molecule has 0 aliphatic carbocycles. The first-order valence-corrected chi connectivity index (χ1v) is 6.78.